The van der Waals surface area contributed by atoms with Gasteiger partial charge >= 0.3 is 6.18 Å². The Balaban J connectivity index is 1.84. The predicted molar refractivity (Wildman–Crippen MR) is 88.8 cm³/mol. The van der Waals surface area contributed by atoms with E-state index in [1.807, 2.05) is 0 Å². The van der Waals surface area contributed by atoms with Gasteiger partial charge in [-0.15, -0.1) is 0 Å². The largest absolute Gasteiger partial charge is 0.468 e. The van der Waals surface area contributed by atoms with Gasteiger partial charge in [0.05, 0.1) is 22.8 Å². The minimum absolute atomic E-state index is 0.182. The van der Waals surface area contributed by atoms with E-state index in [4.69, 9.17) is 4.42 Å². The minimum atomic E-state index is -4.69. The number of nitro groups is 1. The van der Waals surface area contributed by atoms with Crippen molar-refractivity contribution in [3.63, 3.8) is 0 Å². The molecule has 1 saturated heterocycles. The maximum Gasteiger partial charge on any atom is 0.418 e. The van der Waals surface area contributed by atoms with Crippen LogP contribution in [0.1, 0.15) is 30.2 Å². The van der Waals surface area contributed by atoms with Gasteiger partial charge in [0, 0.05) is 24.4 Å². The van der Waals surface area contributed by atoms with E-state index in [1.54, 1.807) is 12.1 Å². The smallest absolute Gasteiger partial charge is 0.418 e. The van der Waals surface area contributed by atoms with Crippen molar-refractivity contribution in [3.05, 3.63) is 58.0 Å². The van der Waals surface area contributed by atoms with E-state index >= 15 is 0 Å². The first kappa shape index (κ1) is 18.2. The van der Waals surface area contributed by atoms with Crippen molar-refractivity contribution < 1.29 is 22.5 Å². The summed E-state index contributed by atoms with van der Waals surface area (Å²) in [5.41, 5.74) is -1.82. The van der Waals surface area contributed by atoms with E-state index in [-0.39, 0.29) is 18.3 Å². The van der Waals surface area contributed by atoms with Crippen LogP contribution in [0.5, 0.6) is 0 Å². The van der Waals surface area contributed by atoms with Crippen molar-refractivity contribution >= 4 is 11.4 Å². The zero-order chi connectivity index (χ0) is 18.7. The molecule has 1 aromatic heterocycles. The van der Waals surface area contributed by atoms with Gasteiger partial charge in [0.15, 0.2) is 0 Å². The van der Waals surface area contributed by atoms with E-state index < -0.39 is 22.4 Å². The van der Waals surface area contributed by atoms with E-state index in [2.05, 4.69) is 10.2 Å². The molecule has 0 spiro atoms. The number of benzene rings is 1. The lowest BCUT2D eigenvalue weighted by Crippen LogP contribution is -2.31. The first-order valence-electron chi connectivity index (χ1n) is 8.23. The quantitative estimate of drug-likeness (QED) is 0.601. The highest BCUT2D eigenvalue weighted by Gasteiger charge is 2.35. The molecular weight excluding hydrogens is 351 g/mol. The molecule has 1 aromatic carbocycles. The number of nitrogens with one attached hydrogen (secondary N) is 1. The number of halogens is 3. The molecule has 26 heavy (non-hydrogen) atoms. The molecule has 1 aliphatic rings. The number of hydrogen-bond donors (Lipinski definition) is 1. The molecular formula is C17H18F3N3O3. The second-order valence-electron chi connectivity index (χ2n) is 6.14. The van der Waals surface area contributed by atoms with Crippen LogP contribution in [0.15, 0.2) is 41.0 Å². The molecule has 1 fully saturated rings. The highest BCUT2D eigenvalue weighted by atomic mass is 19.4. The first-order valence-corrected chi connectivity index (χ1v) is 8.23. The number of furan rings is 1. The highest BCUT2D eigenvalue weighted by Crippen LogP contribution is 2.37. The monoisotopic (exact) mass is 369 g/mol. The normalized spacial score (nSPS) is 16.6. The van der Waals surface area contributed by atoms with Gasteiger partial charge < -0.3 is 9.73 Å². The van der Waals surface area contributed by atoms with Crippen molar-refractivity contribution in [2.45, 2.75) is 25.1 Å². The van der Waals surface area contributed by atoms with Gasteiger partial charge in [0.2, 0.25) is 0 Å². The molecule has 0 saturated carbocycles. The molecule has 0 unspecified atom stereocenters. The molecule has 2 aromatic rings. The van der Waals surface area contributed by atoms with Gasteiger partial charge in [0.25, 0.3) is 5.69 Å². The Morgan fingerprint density at radius 2 is 2.00 bits per heavy atom. The molecule has 0 radical (unpaired) electrons. The fourth-order valence-corrected chi connectivity index (χ4v) is 3.18. The Labute approximate surface area is 147 Å². The van der Waals surface area contributed by atoms with E-state index in [0.29, 0.717) is 11.8 Å². The van der Waals surface area contributed by atoms with Gasteiger partial charge in [0.1, 0.15) is 5.76 Å². The van der Waals surface area contributed by atoms with Crippen molar-refractivity contribution in [2.75, 3.05) is 25.0 Å². The highest BCUT2D eigenvalue weighted by molar-refractivity contribution is 5.57. The Morgan fingerprint density at radius 1 is 1.27 bits per heavy atom. The van der Waals surface area contributed by atoms with Crippen molar-refractivity contribution in [1.29, 1.82) is 0 Å². The van der Waals surface area contributed by atoms with Gasteiger partial charge in [-0.05, 0) is 44.1 Å². The third kappa shape index (κ3) is 3.98. The zero-order valence-electron chi connectivity index (χ0n) is 13.8. The number of likely N-dealkylation sites (tertiary alicyclic amines) is 1. The summed E-state index contributed by atoms with van der Waals surface area (Å²) < 4.78 is 45.3. The minimum Gasteiger partial charge on any atom is -0.468 e. The molecule has 0 bridgehead atoms. The van der Waals surface area contributed by atoms with Crippen LogP contribution >= 0.6 is 0 Å². The molecule has 9 heteroatoms. The second kappa shape index (κ2) is 7.36. The Morgan fingerprint density at radius 3 is 2.58 bits per heavy atom. The Hall–Kier alpha value is -2.55. The van der Waals surface area contributed by atoms with Crippen LogP contribution in [-0.4, -0.2) is 29.5 Å². The fourth-order valence-electron chi connectivity index (χ4n) is 3.18. The second-order valence-corrected chi connectivity index (χ2v) is 6.14. The van der Waals surface area contributed by atoms with Crippen LogP contribution in [-0.2, 0) is 6.18 Å². The number of hydrogen-bond acceptors (Lipinski definition) is 5. The molecule has 0 amide bonds. The maximum absolute atomic E-state index is 13.3. The lowest BCUT2D eigenvalue weighted by atomic mass is 10.1. The summed E-state index contributed by atoms with van der Waals surface area (Å²) in [7, 11) is 0. The number of non-ortho nitro benzene ring substituents is 1. The van der Waals surface area contributed by atoms with Crippen LogP contribution in [0, 0.1) is 10.1 Å². The predicted octanol–water partition coefficient (Wildman–Crippen LogP) is 4.46. The molecule has 1 atom stereocenters. The number of anilines is 1. The summed E-state index contributed by atoms with van der Waals surface area (Å²) in [6.07, 6.45) is -1.10. The number of rotatable bonds is 6. The molecule has 1 aliphatic heterocycles. The zero-order valence-corrected chi connectivity index (χ0v) is 13.8. The van der Waals surface area contributed by atoms with E-state index in [1.165, 1.54) is 6.26 Å². The lowest BCUT2D eigenvalue weighted by Gasteiger charge is -2.27. The average Bonchev–Trinajstić information content (AvgIpc) is 3.28. The molecule has 2 heterocycles. The van der Waals surface area contributed by atoms with Crippen LogP contribution < -0.4 is 5.32 Å². The summed E-state index contributed by atoms with van der Waals surface area (Å²) in [6.45, 7) is 1.90. The first-order chi connectivity index (χ1) is 12.4. The topological polar surface area (TPSA) is 71.5 Å². The van der Waals surface area contributed by atoms with E-state index in [9.17, 15) is 23.3 Å². The molecule has 0 aliphatic carbocycles. The summed E-state index contributed by atoms with van der Waals surface area (Å²) >= 11 is 0. The summed E-state index contributed by atoms with van der Waals surface area (Å²) in [5, 5.41) is 13.6. The molecule has 140 valence electrons. The third-order valence-electron chi connectivity index (χ3n) is 4.46. The van der Waals surface area contributed by atoms with Crippen molar-refractivity contribution in [3.8, 4) is 0 Å². The van der Waals surface area contributed by atoms with Gasteiger partial charge in [-0.1, -0.05) is 0 Å². The summed E-state index contributed by atoms with van der Waals surface area (Å²) in [6, 6.07) is 6.06. The van der Waals surface area contributed by atoms with Crippen LogP contribution in [0.25, 0.3) is 0 Å². The standard InChI is InChI=1S/C17H18F3N3O3/c18-17(19,20)13-10-12(23(24)25)5-6-14(13)21-11-15(16-4-3-9-26-16)22-7-1-2-8-22/h3-6,9-10,15,21H,1-2,7-8,11H2/t15-/m0/s1. The average molecular weight is 369 g/mol. The van der Waals surface area contributed by atoms with Gasteiger partial charge in [-0.2, -0.15) is 13.2 Å². The molecule has 6 nitrogen and oxygen atoms in total. The SMILES string of the molecule is O=[N+]([O-])c1ccc(NC[C@@H](c2ccco2)N2CCCC2)c(C(F)(F)F)c1. The molecule has 1 N–H and O–H groups in total. The third-order valence-corrected chi connectivity index (χ3v) is 4.46. The summed E-state index contributed by atoms with van der Waals surface area (Å²) in [5.74, 6) is 0.676. The van der Waals surface area contributed by atoms with Crippen LogP contribution in [0.2, 0.25) is 0 Å². The van der Waals surface area contributed by atoms with Gasteiger partial charge in [-0.3, -0.25) is 15.0 Å². The van der Waals surface area contributed by atoms with Crippen molar-refractivity contribution in [1.82, 2.24) is 4.90 Å². The van der Waals surface area contributed by atoms with Crippen LogP contribution in [0.3, 0.4) is 0 Å². The Kier molecular flexibility index (Phi) is 5.17. The number of alkyl halides is 3. The number of nitro benzene ring substituents is 1. The van der Waals surface area contributed by atoms with Crippen LogP contribution in [0.4, 0.5) is 24.5 Å². The number of nitrogens with zero attached hydrogens (tertiary/aromatic N) is 2. The molecule has 3 rings (SSSR count). The summed E-state index contributed by atoms with van der Waals surface area (Å²) in [4.78, 5) is 12.1. The van der Waals surface area contributed by atoms with E-state index in [0.717, 1.165) is 38.1 Å². The fraction of sp³-hybridized carbons (Fsp3) is 0.412. The van der Waals surface area contributed by atoms with Crippen molar-refractivity contribution in [2.24, 2.45) is 0 Å². The lowest BCUT2D eigenvalue weighted by molar-refractivity contribution is -0.385. The Bertz CT molecular complexity index is 756. The maximum atomic E-state index is 13.3. The van der Waals surface area contributed by atoms with Gasteiger partial charge in [-0.25, -0.2) is 0 Å².